The zero-order valence-corrected chi connectivity index (χ0v) is 33.6. The molecule has 0 aromatic heterocycles. The maximum atomic E-state index is 13.3. The van der Waals surface area contributed by atoms with Gasteiger partial charge in [-0.05, 0) is 164 Å². The maximum Gasteiger partial charge on any atom is 0.508 e. The molecular weight excluding hydrogens is 650 g/mol. The highest BCUT2D eigenvalue weighted by Crippen LogP contribution is 2.49. The van der Waals surface area contributed by atoms with Crippen LogP contribution in [0.25, 0.3) is 0 Å². The normalized spacial score (nSPS) is 37.1. The molecule has 0 aromatic rings. The molecule has 6 aliphatic rings. The smallest absolute Gasteiger partial charge is 0.463 e. The van der Waals surface area contributed by atoms with Crippen LogP contribution in [0.1, 0.15) is 181 Å². The largest absolute Gasteiger partial charge is 0.508 e. The first-order chi connectivity index (χ1) is 25.2. The van der Waals surface area contributed by atoms with Crippen LogP contribution in [0, 0.1) is 29.1 Å². The summed E-state index contributed by atoms with van der Waals surface area (Å²) < 4.78 is 23.6. The lowest BCUT2D eigenvalue weighted by molar-refractivity contribution is -0.148. The van der Waals surface area contributed by atoms with Crippen molar-refractivity contribution in [3.05, 3.63) is 12.2 Å². The van der Waals surface area contributed by atoms with Crippen LogP contribution in [0.2, 0.25) is 0 Å². The van der Waals surface area contributed by atoms with Gasteiger partial charge in [-0.3, -0.25) is 9.69 Å². The molecule has 0 bridgehead atoms. The summed E-state index contributed by atoms with van der Waals surface area (Å²) in [6.45, 7) is 6.40. The number of hydrogen-bond donors (Lipinski definition) is 0. The second-order valence-electron chi connectivity index (χ2n) is 18.8. The van der Waals surface area contributed by atoms with Gasteiger partial charge in [0.05, 0.1) is 6.10 Å². The van der Waals surface area contributed by atoms with Crippen LogP contribution in [-0.2, 0) is 23.7 Å². The van der Waals surface area contributed by atoms with Crippen LogP contribution in [-0.4, -0.2) is 66.7 Å². The van der Waals surface area contributed by atoms with Crippen molar-refractivity contribution in [2.24, 2.45) is 29.1 Å². The molecule has 6 aliphatic carbocycles. The van der Waals surface area contributed by atoms with Crippen molar-refractivity contribution in [3.63, 3.8) is 0 Å². The van der Waals surface area contributed by atoms with E-state index in [1.807, 2.05) is 7.11 Å². The molecule has 0 amide bonds. The van der Waals surface area contributed by atoms with E-state index in [-0.39, 0.29) is 29.7 Å². The van der Waals surface area contributed by atoms with Gasteiger partial charge >= 0.3 is 12.1 Å². The standard InChI is InChI=1S/C45H75NO6/c1-32(47)50-40-26-20-35(21-27-40)45(2,3)36-22-28-41(29-23-36)51-44(48)52-43-15-9-13-39(31-43)46(38-12-8-14-42(30-38)49-4)37-24-18-34(19-25-37)17-16-33-10-6-5-7-11-33/h16-17,33-43H,5-15,18-31H2,1-4H3. The number of hydrogen-bond acceptors (Lipinski definition) is 7. The molecular formula is C45H75NO6. The first-order valence-electron chi connectivity index (χ1n) is 22.2. The monoisotopic (exact) mass is 726 g/mol. The van der Waals surface area contributed by atoms with Gasteiger partial charge in [-0.25, -0.2) is 4.79 Å². The van der Waals surface area contributed by atoms with E-state index >= 15 is 0 Å². The summed E-state index contributed by atoms with van der Waals surface area (Å²) in [6.07, 6.45) is 34.6. The SMILES string of the molecule is COC1CCCC(N(C2CCC(C=CC3CCCCC3)CC2)C2CCCC(OC(=O)OC3CCC(C(C)(C)C4CCC(OC(C)=O)CC4)CC3)C2)C1. The second-order valence-corrected chi connectivity index (χ2v) is 18.8. The predicted octanol–water partition coefficient (Wildman–Crippen LogP) is 11.1. The Labute approximate surface area is 317 Å². The molecule has 6 fully saturated rings. The van der Waals surface area contributed by atoms with E-state index in [1.54, 1.807) is 0 Å². The summed E-state index contributed by atoms with van der Waals surface area (Å²) in [5.74, 6) is 2.68. The fraction of sp³-hybridized carbons (Fsp3) is 0.911. The van der Waals surface area contributed by atoms with Gasteiger partial charge < -0.3 is 18.9 Å². The van der Waals surface area contributed by atoms with Gasteiger partial charge in [0.15, 0.2) is 0 Å². The molecule has 6 saturated carbocycles. The highest BCUT2D eigenvalue weighted by Gasteiger charge is 2.43. The highest BCUT2D eigenvalue weighted by atomic mass is 16.7. The van der Waals surface area contributed by atoms with Crippen molar-refractivity contribution < 1.29 is 28.5 Å². The van der Waals surface area contributed by atoms with Gasteiger partial charge in [0.25, 0.3) is 0 Å². The highest BCUT2D eigenvalue weighted by molar-refractivity contribution is 5.66. The topological polar surface area (TPSA) is 74.3 Å². The van der Waals surface area contributed by atoms with Crippen LogP contribution in [0.4, 0.5) is 4.79 Å². The van der Waals surface area contributed by atoms with E-state index in [0.29, 0.717) is 36.1 Å². The number of esters is 1. The Kier molecular flexibility index (Phi) is 14.9. The van der Waals surface area contributed by atoms with Crippen molar-refractivity contribution in [2.75, 3.05) is 7.11 Å². The van der Waals surface area contributed by atoms with Crippen molar-refractivity contribution in [3.8, 4) is 0 Å². The molecule has 296 valence electrons. The molecule has 52 heavy (non-hydrogen) atoms. The lowest BCUT2D eigenvalue weighted by Crippen LogP contribution is -2.54. The van der Waals surface area contributed by atoms with Crippen molar-refractivity contribution >= 4 is 12.1 Å². The Morgan fingerprint density at radius 1 is 0.519 bits per heavy atom. The Balaban J connectivity index is 0.977. The van der Waals surface area contributed by atoms with Gasteiger partial charge in [0.1, 0.15) is 18.3 Å². The number of rotatable bonds is 11. The molecule has 0 saturated heterocycles. The van der Waals surface area contributed by atoms with Crippen LogP contribution < -0.4 is 0 Å². The number of methoxy groups -OCH3 is 1. The van der Waals surface area contributed by atoms with Crippen molar-refractivity contribution in [1.82, 2.24) is 4.90 Å². The van der Waals surface area contributed by atoms with Gasteiger partial charge in [-0.15, -0.1) is 0 Å². The molecule has 0 aliphatic heterocycles. The third-order valence-electron chi connectivity index (χ3n) is 15.2. The molecule has 0 radical (unpaired) electrons. The molecule has 0 heterocycles. The molecule has 4 unspecified atom stereocenters. The molecule has 0 N–H and O–H groups in total. The number of ether oxygens (including phenoxy) is 4. The minimum absolute atomic E-state index is 0.0364. The number of carbonyl (C=O) groups is 2. The fourth-order valence-corrected chi connectivity index (χ4v) is 11.9. The van der Waals surface area contributed by atoms with E-state index in [0.717, 1.165) is 88.9 Å². The quantitative estimate of drug-likeness (QED) is 0.155. The van der Waals surface area contributed by atoms with E-state index in [9.17, 15) is 9.59 Å². The van der Waals surface area contributed by atoms with Gasteiger partial charge in [-0.1, -0.05) is 45.3 Å². The van der Waals surface area contributed by atoms with Crippen LogP contribution in [0.5, 0.6) is 0 Å². The first-order valence-corrected chi connectivity index (χ1v) is 22.2. The lowest BCUT2D eigenvalue weighted by Gasteiger charge is -2.49. The summed E-state index contributed by atoms with van der Waals surface area (Å²) in [5.41, 5.74) is 0.238. The van der Waals surface area contributed by atoms with E-state index < -0.39 is 6.16 Å². The fourth-order valence-electron chi connectivity index (χ4n) is 11.9. The number of allylic oxidation sites excluding steroid dienone is 2. The lowest BCUT2D eigenvalue weighted by atomic mass is 9.60. The zero-order valence-electron chi connectivity index (χ0n) is 33.6. The molecule has 6 rings (SSSR count). The third-order valence-corrected chi connectivity index (χ3v) is 15.2. The molecule has 7 heteroatoms. The summed E-state index contributed by atoms with van der Waals surface area (Å²) >= 11 is 0. The third kappa shape index (κ3) is 11.0. The van der Waals surface area contributed by atoms with Gasteiger partial charge in [0, 0.05) is 38.6 Å². The number of nitrogens with zero attached hydrogens (tertiary/aromatic N) is 1. The zero-order chi connectivity index (χ0) is 36.5. The molecule has 0 aromatic carbocycles. The molecule has 0 spiro atoms. The van der Waals surface area contributed by atoms with Crippen molar-refractivity contribution in [2.45, 2.75) is 224 Å². The van der Waals surface area contributed by atoms with Crippen LogP contribution in [0.15, 0.2) is 12.2 Å². The summed E-state index contributed by atoms with van der Waals surface area (Å²) in [5, 5.41) is 0. The number of carbonyl (C=O) groups excluding carboxylic acids is 2. The van der Waals surface area contributed by atoms with Crippen LogP contribution >= 0.6 is 0 Å². The molecule has 4 atom stereocenters. The average Bonchev–Trinajstić information content (AvgIpc) is 3.15. The predicted molar refractivity (Wildman–Crippen MR) is 207 cm³/mol. The summed E-state index contributed by atoms with van der Waals surface area (Å²) in [7, 11) is 1.89. The Hall–Kier alpha value is -1.60. The van der Waals surface area contributed by atoms with Crippen LogP contribution in [0.3, 0.4) is 0 Å². The van der Waals surface area contributed by atoms with Crippen molar-refractivity contribution in [1.29, 1.82) is 0 Å². The minimum Gasteiger partial charge on any atom is -0.463 e. The van der Waals surface area contributed by atoms with Gasteiger partial charge in [-0.2, -0.15) is 0 Å². The Morgan fingerprint density at radius 3 is 1.58 bits per heavy atom. The van der Waals surface area contributed by atoms with Gasteiger partial charge in [0.2, 0.25) is 0 Å². The average molecular weight is 726 g/mol. The first kappa shape index (κ1) is 40.1. The maximum absolute atomic E-state index is 13.3. The van der Waals surface area contributed by atoms with E-state index in [2.05, 4.69) is 30.9 Å². The molecule has 7 nitrogen and oxygen atoms in total. The second kappa shape index (κ2) is 19.3. The van der Waals surface area contributed by atoms with E-state index in [4.69, 9.17) is 18.9 Å². The summed E-state index contributed by atoms with van der Waals surface area (Å²) in [4.78, 5) is 27.6. The Morgan fingerprint density at radius 2 is 1.02 bits per heavy atom. The van der Waals surface area contributed by atoms with E-state index in [1.165, 1.54) is 90.4 Å². The minimum atomic E-state index is -0.439. The summed E-state index contributed by atoms with van der Waals surface area (Å²) in [6, 6.07) is 1.66. The Bertz CT molecular complexity index is 1120.